The van der Waals surface area contributed by atoms with E-state index in [2.05, 4.69) is 0 Å². The van der Waals surface area contributed by atoms with E-state index in [1.807, 2.05) is 0 Å². The van der Waals surface area contributed by atoms with E-state index in [9.17, 15) is 0 Å². The average molecular weight is 140 g/mol. The van der Waals surface area contributed by atoms with Crippen molar-refractivity contribution in [1.29, 1.82) is 0 Å². The summed E-state index contributed by atoms with van der Waals surface area (Å²) in [4.78, 5) is 8.33. The number of carbonyl (C=O) groups excluding carboxylic acids is 1. The molecule has 6 heavy (non-hydrogen) atoms. The van der Waals surface area contributed by atoms with E-state index in [-0.39, 0.29) is 90.5 Å². The van der Waals surface area contributed by atoms with Crippen LogP contribution in [0.1, 0.15) is 1.43 Å². The topological polar surface area (TPSA) is 63.2 Å². The van der Waals surface area contributed by atoms with Gasteiger partial charge in [-0.1, -0.05) is 0 Å². The van der Waals surface area contributed by atoms with Crippen molar-refractivity contribution in [2.24, 2.45) is 0 Å². The van der Waals surface area contributed by atoms with E-state index in [1.165, 1.54) is 0 Å². The Kier molecular flexibility index (Phi) is 26.7. The Balaban J connectivity index is -0.0000000150. The predicted molar refractivity (Wildman–Crippen MR) is 12.3 cm³/mol. The van der Waals surface area contributed by atoms with Crippen molar-refractivity contribution in [2.75, 3.05) is 0 Å². The monoisotopic (exact) mass is 140 g/mol. The summed E-state index contributed by atoms with van der Waals surface area (Å²) in [6.07, 6.45) is -2.33. The Morgan fingerprint density at radius 3 is 1.50 bits per heavy atom. The van der Waals surface area contributed by atoms with Crippen LogP contribution in [0.15, 0.2) is 0 Å². The van der Waals surface area contributed by atoms with Crippen LogP contribution in [0, 0.1) is 0 Å². The Morgan fingerprint density at radius 2 is 1.50 bits per heavy atom. The van der Waals surface area contributed by atoms with Gasteiger partial charge >= 0.3 is 89.1 Å². The second kappa shape index (κ2) is 10.2. The molecule has 0 atom stereocenters. The number of hydrogen-bond acceptors (Lipinski definition) is 3. The van der Waals surface area contributed by atoms with Gasteiger partial charge in [0.15, 0.2) is 0 Å². The van der Waals surface area contributed by atoms with Crippen molar-refractivity contribution >= 4 is 43.9 Å². The van der Waals surface area contributed by atoms with E-state index < -0.39 is 6.16 Å². The summed E-state index contributed by atoms with van der Waals surface area (Å²) >= 11 is 0. The molecule has 0 radical (unpaired) electrons. The molecular weight excluding hydrogens is 139 g/mol. The number of hydrogen-bond donors (Lipinski definition) is 0. The normalized spacial score (nSPS) is 4.00. The molecule has 0 unspecified atom stereocenters. The van der Waals surface area contributed by atoms with Gasteiger partial charge in [0, 0.05) is 0 Å². The van der Waals surface area contributed by atoms with Crippen LogP contribution in [0.2, 0.25) is 0 Å². The summed E-state index contributed by atoms with van der Waals surface area (Å²) in [5.74, 6) is 0. The summed E-state index contributed by atoms with van der Waals surface area (Å²) < 4.78 is 0. The van der Waals surface area contributed by atoms with Gasteiger partial charge in [0.2, 0.25) is 0 Å². The molecule has 0 aliphatic heterocycles. The fourth-order valence-corrected chi connectivity index (χ4v) is 0. The van der Waals surface area contributed by atoms with Crippen molar-refractivity contribution < 1.29 is 67.8 Å². The minimum absolute atomic E-state index is 0. The first-order chi connectivity index (χ1) is 1.73. The molecule has 0 aromatic rings. The maximum Gasteiger partial charge on any atom is 2.00 e. The van der Waals surface area contributed by atoms with Gasteiger partial charge in [-0.15, -0.1) is 0 Å². The summed E-state index contributed by atoms with van der Waals surface area (Å²) in [7, 11) is 0. The molecule has 0 aromatic heterocycles. The quantitative estimate of drug-likeness (QED) is 0.315. The minimum atomic E-state index is -2.33. The number of rotatable bonds is 0. The molecule has 0 saturated heterocycles. The third-order valence-corrected chi connectivity index (χ3v) is 0. The van der Waals surface area contributed by atoms with Gasteiger partial charge in [-0.3, -0.25) is 0 Å². The summed E-state index contributed by atoms with van der Waals surface area (Å²) in [5, 5.41) is 16.7. The molecule has 0 amide bonds. The van der Waals surface area contributed by atoms with Gasteiger partial charge in [-0.2, -0.15) is 0 Å². The third kappa shape index (κ3) is 35.1. The van der Waals surface area contributed by atoms with Crippen molar-refractivity contribution in [1.82, 2.24) is 0 Å². The Morgan fingerprint density at radius 1 is 1.50 bits per heavy atom. The standard InChI is InChI=1S/CH2O3.Ca.K.H/c2-1(3)4;;;/h(H2,2,3,4);;;/q;+2;+1;-1/p-2. The van der Waals surface area contributed by atoms with Crippen LogP contribution in [0.3, 0.4) is 0 Å². The summed E-state index contributed by atoms with van der Waals surface area (Å²) in [5.41, 5.74) is 0. The van der Waals surface area contributed by atoms with Gasteiger partial charge < -0.3 is 16.4 Å². The van der Waals surface area contributed by atoms with Crippen molar-refractivity contribution in [3.05, 3.63) is 0 Å². The van der Waals surface area contributed by atoms with Crippen molar-refractivity contribution in [3.63, 3.8) is 0 Å². The molecule has 0 bridgehead atoms. The van der Waals surface area contributed by atoms with Crippen LogP contribution < -0.4 is 61.6 Å². The van der Waals surface area contributed by atoms with Crippen LogP contribution in [-0.2, 0) is 0 Å². The third-order valence-electron chi connectivity index (χ3n) is 0. The van der Waals surface area contributed by atoms with E-state index in [0.717, 1.165) is 0 Å². The Labute approximate surface area is 109 Å². The fraction of sp³-hybridized carbons (Fsp3) is 0. The van der Waals surface area contributed by atoms with Gasteiger partial charge in [0.05, 0.1) is 0 Å². The maximum absolute atomic E-state index is 8.33. The molecule has 0 aliphatic rings. The van der Waals surface area contributed by atoms with Crippen LogP contribution in [0.4, 0.5) is 4.79 Å². The molecule has 0 N–H and O–H groups in total. The van der Waals surface area contributed by atoms with Crippen molar-refractivity contribution in [3.8, 4) is 0 Å². The average Bonchev–Trinajstić information content (AvgIpc) is 0.811. The van der Waals surface area contributed by atoms with E-state index in [0.29, 0.717) is 0 Å². The summed E-state index contributed by atoms with van der Waals surface area (Å²) in [6, 6.07) is 0. The van der Waals surface area contributed by atoms with E-state index >= 15 is 0 Å². The van der Waals surface area contributed by atoms with Crippen LogP contribution in [0.25, 0.3) is 0 Å². The molecule has 0 aromatic carbocycles. The first-order valence-corrected chi connectivity index (χ1v) is 0.612. The number of carbonyl (C=O) groups is 1. The van der Waals surface area contributed by atoms with E-state index in [4.69, 9.17) is 15.0 Å². The minimum Gasteiger partial charge on any atom is -1.00 e. The zero-order valence-corrected chi connectivity index (χ0v) is 8.76. The van der Waals surface area contributed by atoms with Gasteiger partial charge in [-0.25, -0.2) is 0 Å². The predicted octanol–water partition coefficient (Wildman–Crippen LogP) is -5.71. The first kappa shape index (κ1) is 15.7. The molecule has 0 fully saturated rings. The SMILES string of the molecule is O=C([O-])[O-].[Ca+2].[H-].[K+]. The summed E-state index contributed by atoms with van der Waals surface area (Å²) in [6.45, 7) is 0. The number of carboxylic acid groups (broad SMARTS) is 2. The molecule has 0 spiro atoms. The Hall–Kier alpha value is 2.17. The smallest absolute Gasteiger partial charge is 1.00 e. The van der Waals surface area contributed by atoms with Crippen LogP contribution in [-0.4, -0.2) is 43.9 Å². The second-order valence-electron chi connectivity index (χ2n) is 0.250. The zero-order valence-electron chi connectivity index (χ0n) is 4.43. The Bertz CT molecular complexity index is 37.9. The largest absolute Gasteiger partial charge is 2.00 e. The molecule has 26 valence electrons. The maximum atomic E-state index is 8.33. The molecule has 0 saturated carbocycles. The van der Waals surface area contributed by atoms with Gasteiger partial charge in [0.25, 0.3) is 0 Å². The molecule has 0 rings (SSSR count). The van der Waals surface area contributed by atoms with Crippen LogP contribution >= 0.6 is 0 Å². The fourth-order valence-electron chi connectivity index (χ4n) is 0. The van der Waals surface area contributed by atoms with Gasteiger partial charge in [-0.05, 0) is 6.16 Å². The van der Waals surface area contributed by atoms with E-state index in [1.54, 1.807) is 0 Å². The van der Waals surface area contributed by atoms with Crippen LogP contribution in [0.5, 0.6) is 0 Å². The molecule has 0 aliphatic carbocycles. The molecule has 3 nitrogen and oxygen atoms in total. The molecule has 5 heteroatoms. The van der Waals surface area contributed by atoms with Crippen molar-refractivity contribution in [2.45, 2.75) is 0 Å². The first-order valence-electron chi connectivity index (χ1n) is 0.612. The molecular formula is CHCaKO3. The zero-order chi connectivity index (χ0) is 3.58. The molecule has 0 heterocycles. The second-order valence-corrected chi connectivity index (χ2v) is 0.250. The van der Waals surface area contributed by atoms with Gasteiger partial charge in [0.1, 0.15) is 0 Å².